The molecule has 7 heteroatoms. The summed E-state index contributed by atoms with van der Waals surface area (Å²) in [7, 11) is 0. The van der Waals surface area contributed by atoms with Crippen molar-refractivity contribution in [3.05, 3.63) is 40.8 Å². The summed E-state index contributed by atoms with van der Waals surface area (Å²) in [5, 5.41) is 3.30. The average Bonchev–Trinajstić information content (AvgIpc) is 3.04. The summed E-state index contributed by atoms with van der Waals surface area (Å²) in [4.78, 5) is 16.5. The summed E-state index contributed by atoms with van der Waals surface area (Å²) in [5.41, 5.74) is 1.26. The maximum Gasteiger partial charge on any atom is 0.261 e. The van der Waals surface area contributed by atoms with E-state index in [0.717, 1.165) is 16.0 Å². The smallest absolute Gasteiger partial charge is 0.261 e. The number of amides is 1. The van der Waals surface area contributed by atoms with Crippen molar-refractivity contribution >= 4 is 48.5 Å². The minimum absolute atomic E-state index is 0.264. The van der Waals surface area contributed by atoms with E-state index in [1.807, 2.05) is 25.1 Å². The van der Waals surface area contributed by atoms with Crippen LogP contribution >= 0.6 is 27.3 Å². The van der Waals surface area contributed by atoms with Gasteiger partial charge in [-0.15, -0.1) is 0 Å². The van der Waals surface area contributed by atoms with Gasteiger partial charge in [0.05, 0.1) is 28.7 Å². The Morgan fingerprint density at radius 1 is 1.48 bits per heavy atom. The Balaban J connectivity index is 1.84. The number of aromatic nitrogens is 1. The van der Waals surface area contributed by atoms with E-state index in [0.29, 0.717) is 22.0 Å². The standard InChI is InChI=1S/C14H11BrN2O3S/c1-2-19-8-3-4-10-11(7-8)21-14(16-10)17-13(18)9-5-6-20-12(9)15/h3-7H,2H2,1H3,(H,16,17,18). The van der Waals surface area contributed by atoms with Crippen LogP contribution in [0.3, 0.4) is 0 Å². The number of anilines is 1. The third kappa shape index (κ3) is 2.93. The SMILES string of the molecule is CCOc1ccc2nc(NC(=O)c3ccoc3Br)sc2c1. The molecule has 3 rings (SSSR count). The Kier molecular flexibility index (Phi) is 3.94. The highest BCUT2D eigenvalue weighted by Gasteiger charge is 2.15. The summed E-state index contributed by atoms with van der Waals surface area (Å²) >= 11 is 4.58. The second-order valence-electron chi connectivity index (χ2n) is 4.14. The number of hydrogen-bond donors (Lipinski definition) is 1. The van der Waals surface area contributed by atoms with Crippen LogP contribution < -0.4 is 10.1 Å². The quantitative estimate of drug-likeness (QED) is 0.747. The van der Waals surface area contributed by atoms with Gasteiger partial charge in [-0.1, -0.05) is 11.3 Å². The molecule has 0 radical (unpaired) electrons. The van der Waals surface area contributed by atoms with E-state index >= 15 is 0 Å². The third-order valence-electron chi connectivity index (χ3n) is 2.75. The van der Waals surface area contributed by atoms with Gasteiger partial charge >= 0.3 is 0 Å². The number of carbonyl (C=O) groups is 1. The van der Waals surface area contributed by atoms with Gasteiger partial charge < -0.3 is 9.15 Å². The number of hydrogen-bond acceptors (Lipinski definition) is 5. The van der Waals surface area contributed by atoms with Crippen LogP contribution in [0, 0.1) is 0 Å². The minimum Gasteiger partial charge on any atom is -0.494 e. The second kappa shape index (κ2) is 5.87. The lowest BCUT2D eigenvalue weighted by Crippen LogP contribution is -2.11. The van der Waals surface area contributed by atoms with Gasteiger partial charge in [-0.05, 0) is 47.1 Å². The van der Waals surface area contributed by atoms with E-state index in [2.05, 4.69) is 26.2 Å². The molecular formula is C14H11BrN2O3S. The lowest BCUT2D eigenvalue weighted by molar-refractivity contribution is 0.102. The van der Waals surface area contributed by atoms with Crippen LogP contribution in [0.15, 0.2) is 39.6 Å². The number of rotatable bonds is 4. The van der Waals surface area contributed by atoms with Gasteiger partial charge in [0.25, 0.3) is 5.91 Å². The van der Waals surface area contributed by atoms with Gasteiger partial charge in [0, 0.05) is 0 Å². The first kappa shape index (κ1) is 14.1. The molecule has 0 aliphatic heterocycles. The molecule has 108 valence electrons. The molecule has 5 nitrogen and oxygen atoms in total. The van der Waals surface area contributed by atoms with Crippen LogP contribution in [0.2, 0.25) is 0 Å². The number of carbonyl (C=O) groups excluding carboxylic acids is 1. The fourth-order valence-electron chi connectivity index (χ4n) is 1.84. The van der Waals surface area contributed by atoms with Crippen molar-refractivity contribution in [3.63, 3.8) is 0 Å². The topological polar surface area (TPSA) is 64.4 Å². The first-order valence-electron chi connectivity index (χ1n) is 6.25. The molecule has 1 N–H and O–H groups in total. The van der Waals surface area contributed by atoms with Crippen LogP contribution in [0.25, 0.3) is 10.2 Å². The van der Waals surface area contributed by atoms with Crippen molar-refractivity contribution < 1.29 is 13.9 Å². The highest BCUT2D eigenvalue weighted by molar-refractivity contribution is 9.10. The predicted molar refractivity (Wildman–Crippen MR) is 85.2 cm³/mol. The molecule has 2 aromatic heterocycles. The molecule has 1 aromatic carbocycles. The van der Waals surface area contributed by atoms with Crippen molar-refractivity contribution in [3.8, 4) is 5.75 Å². The lowest BCUT2D eigenvalue weighted by atomic mass is 10.3. The van der Waals surface area contributed by atoms with E-state index in [1.54, 1.807) is 6.07 Å². The number of furan rings is 1. The van der Waals surface area contributed by atoms with Gasteiger partial charge in [0.15, 0.2) is 9.80 Å². The van der Waals surface area contributed by atoms with E-state index in [-0.39, 0.29) is 5.91 Å². The molecule has 3 aromatic rings. The average molecular weight is 367 g/mol. The first-order valence-corrected chi connectivity index (χ1v) is 7.86. The van der Waals surface area contributed by atoms with Crippen LogP contribution in [-0.2, 0) is 0 Å². The highest BCUT2D eigenvalue weighted by atomic mass is 79.9. The molecule has 0 unspecified atom stereocenters. The molecule has 0 aliphatic carbocycles. The summed E-state index contributed by atoms with van der Waals surface area (Å²) < 4.78 is 11.9. The third-order valence-corrected chi connectivity index (χ3v) is 4.30. The van der Waals surface area contributed by atoms with Crippen molar-refractivity contribution in [2.45, 2.75) is 6.92 Å². The Hall–Kier alpha value is -1.86. The number of benzene rings is 1. The number of nitrogens with zero attached hydrogens (tertiary/aromatic N) is 1. The number of ether oxygens (including phenoxy) is 1. The summed E-state index contributed by atoms with van der Waals surface area (Å²) in [6, 6.07) is 7.25. The van der Waals surface area contributed by atoms with Crippen LogP contribution in [0.4, 0.5) is 5.13 Å². The van der Waals surface area contributed by atoms with Crippen LogP contribution in [0.1, 0.15) is 17.3 Å². The van der Waals surface area contributed by atoms with E-state index in [1.165, 1.54) is 17.6 Å². The van der Waals surface area contributed by atoms with Gasteiger partial charge in [-0.2, -0.15) is 0 Å². The molecule has 1 amide bonds. The zero-order chi connectivity index (χ0) is 14.8. The van der Waals surface area contributed by atoms with Crippen LogP contribution in [-0.4, -0.2) is 17.5 Å². The Bertz CT molecular complexity index is 796. The molecule has 0 aliphatic rings. The number of thiazole rings is 1. The molecule has 21 heavy (non-hydrogen) atoms. The first-order chi connectivity index (χ1) is 10.2. The minimum atomic E-state index is -0.264. The van der Waals surface area contributed by atoms with Gasteiger partial charge in [-0.3, -0.25) is 10.1 Å². The van der Waals surface area contributed by atoms with Crippen molar-refractivity contribution in [1.82, 2.24) is 4.98 Å². The maximum atomic E-state index is 12.1. The number of fused-ring (bicyclic) bond motifs is 1. The lowest BCUT2D eigenvalue weighted by Gasteiger charge is -2.00. The molecular weight excluding hydrogens is 356 g/mol. The summed E-state index contributed by atoms with van der Waals surface area (Å²) in [5.74, 6) is 0.531. The highest BCUT2D eigenvalue weighted by Crippen LogP contribution is 2.30. The molecule has 0 bridgehead atoms. The van der Waals surface area contributed by atoms with Gasteiger partial charge in [0.2, 0.25) is 0 Å². The van der Waals surface area contributed by atoms with Gasteiger partial charge in [-0.25, -0.2) is 4.98 Å². The Morgan fingerprint density at radius 3 is 3.05 bits per heavy atom. The molecule has 0 fully saturated rings. The van der Waals surface area contributed by atoms with Crippen molar-refractivity contribution in [2.24, 2.45) is 0 Å². The van der Waals surface area contributed by atoms with E-state index in [4.69, 9.17) is 9.15 Å². The maximum absolute atomic E-state index is 12.1. The van der Waals surface area contributed by atoms with E-state index in [9.17, 15) is 4.79 Å². The largest absolute Gasteiger partial charge is 0.494 e. The molecule has 0 atom stereocenters. The van der Waals surface area contributed by atoms with Crippen molar-refractivity contribution in [1.29, 1.82) is 0 Å². The van der Waals surface area contributed by atoms with Crippen molar-refractivity contribution in [2.75, 3.05) is 11.9 Å². The van der Waals surface area contributed by atoms with Gasteiger partial charge in [0.1, 0.15) is 5.75 Å². The number of nitrogens with one attached hydrogen (secondary N) is 1. The second-order valence-corrected chi connectivity index (χ2v) is 5.89. The fourth-order valence-corrected chi connectivity index (χ4v) is 3.14. The molecule has 0 saturated heterocycles. The van der Waals surface area contributed by atoms with E-state index < -0.39 is 0 Å². The normalized spacial score (nSPS) is 10.8. The van der Waals surface area contributed by atoms with Crippen LogP contribution in [0.5, 0.6) is 5.75 Å². The summed E-state index contributed by atoms with van der Waals surface area (Å²) in [6.07, 6.45) is 1.45. The molecule has 2 heterocycles. The predicted octanol–water partition coefficient (Wildman–Crippen LogP) is 4.30. The monoisotopic (exact) mass is 366 g/mol. The molecule has 0 spiro atoms. The zero-order valence-corrected chi connectivity index (χ0v) is 13.5. The zero-order valence-electron chi connectivity index (χ0n) is 11.1. The Labute approximate surface area is 133 Å². The number of halogens is 1. The summed E-state index contributed by atoms with van der Waals surface area (Å²) in [6.45, 7) is 2.55. The Morgan fingerprint density at radius 2 is 2.33 bits per heavy atom. The fraction of sp³-hybridized carbons (Fsp3) is 0.143. The molecule has 0 saturated carbocycles.